The number of halogens is 3. The van der Waals surface area contributed by atoms with Crippen molar-refractivity contribution in [2.24, 2.45) is 0 Å². The van der Waals surface area contributed by atoms with Crippen LogP contribution in [0.1, 0.15) is 0 Å². The zero-order chi connectivity index (χ0) is 15.7. The first-order valence-electron chi connectivity index (χ1n) is 6.11. The van der Waals surface area contributed by atoms with E-state index < -0.39 is 0 Å². The summed E-state index contributed by atoms with van der Waals surface area (Å²) in [6, 6.07) is 10.8. The molecule has 0 spiro atoms. The largest absolute Gasteiger partial charge is 0.332 e. The van der Waals surface area contributed by atoms with Crippen LogP contribution in [-0.2, 0) is 0 Å². The molecule has 3 nitrogen and oxygen atoms in total. The van der Waals surface area contributed by atoms with Gasteiger partial charge in [-0.15, -0.1) is 0 Å². The molecular weight excluding hydrogens is 381 g/mol. The molecule has 1 aromatic heterocycles. The van der Waals surface area contributed by atoms with Crippen molar-refractivity contribution in [1.29, 1.82) is 0 Å². The molecule has 8 heteroatoms. The lowest BCUT2D eigenvalue weighted by Crippen LogP contribution is -2.18. The van der Waals surface area contributed by atoms with E-state index in [9.17, 15) is 0 Å². The number of anilines is 2. The summed E-state index contributed by atoms with van der Waals surface area (Å²) in [5.41, 5.74) is 1.50. The number of nitrogens with one attached hydrogen (secondary N) is 2. The quantitative estimate of drug-likeness (QED) is 0.523. The Morgan fingerprint density at radius 1 is 1.00 bits per heavy atom. The summed E-state index contributed by atoms with van der Waals surface area (Å²) in [4.78, 5) is 4.43. The standard InChI is InChI=1S/C14H8Cl3N3S2/c15-8-5-4-7(6-10(8)17)18-13(21)20-14-19-12-9(16)2-1-3-11(12)22-14/h1-6H,(H2,18,19,20,21). The van der Waals surface area contributed by atoms with Crippen LogP contribution in [0.4, 0.5) is 10.8 Å². The average Bonchev–Trinajstić information content (AvgIpc) is 2.87. The number of rotatable bonds is 2. The molecule has 22 heavy (non-hydrogen) atoms. The van der Waals surface area contributed by atoms with Gasteiger partial charge in [0.05, 0.1) is 19.8 Å². The van der Waals surface area contributed by atoms with Gasteiger partial charge in [0.1, 0.15) is 5.52 Å². The number of aromatic nitrogens is 1. The lowest BCUT2D eigenvalue weighted by molar-refractivity contribution is 1.47. The highest BCUT2D eigenvalue weighted by Gasteiger charge is 2.08. The predicted molar refractivity (Wildman–Crippen MR) is 101 cm³/mol. The minimum atomic E-state index is 0.411. The van der Waals surface area contributed by atoms with Crippen LogP contribution in [0.15, 0.2) is 36.4 Å². The number of fused-ring (bicyclic) bond motifs is 1. The van der Waals surface area contributed by atoms with E-state index in [1.807, 2.05) is 12.1 Å². The molecule has 2 aromatic carbocycles. The molecule has 2 N–H and O–H groups in total. The molecule has 0 saturated heterocycles. The molecule has 0 bridgehead atoms. The minimum Gasteiger partial charge on any atom is -0.332 e. The van der Waals surface area contributed by atoms with E-state index in [4.69, 9.17) is 47.0 Å². The first-order valence-corrected chi connectivity index (χ1v) is 8.47. The Kier molecular flexibility index (Phi) is 4.70. The van der Waals surface area contributed by atoms with Gasteiger partial charge in [-0.1, -0.05) is 52.2 Å². The molecule has 0 saturated carbocycles. The summed E-state index contributed by atoms with van der Waals surface area (Å²) in [7, 11) is 0. The van der Waals surface area contributed by atoms with E-state index in [1.165, 1.54) is 11.3 Å². The van der Waals surface area contributed by atoms with Crippen molar-refractivity contribution in [3.8, 4) is 0 Å². The highest BCUT2D eigenvalue weighted by molar-refractivity contribution is 7.80. The van der Waals surface area contributed by atoms with Crippen LogP contribution < -0.4 is 10.6 Å². The highest BCUT2D eigenvalue weighted by atomic mass is 35.5. The Balaban J connectivity index is 1.75. The van der Waals surface area contributed by atoms with Gasteiger partial charge < -0.3 is 10.6 Å². The van der Waals surface area contributed by atoms with Gasteiger partial charge in [-0.3, -0.25) is 0 Å². The number of benzene rings is 2. The molecule has 0 aliphatic heterocycles. The Hall–Kier alpha value is -1.11. The van der Waals surface area contributed by atoms with Crippen LogP contribution in [0.3, 0.4) is 0 Å². The van der Waals surface area contributed by atoms with E-state index in [-0.39, 0.29) is 0 Å². The Morgan fingerprint density at radius 2 is 1.82 bits per heavy atom. The maximum absolute atomic E-state index is 6.11. The highest BCUT2D eigenvalue weighted by Crippen LogP contribution is 2.31. The van der Waals surface area contributed by atoms with Gasteiger partial charge in [-0.25, -0.2) is 4.98 Å². The van der Waals surface area contributed by atoms with Crippen LogP contribution in [0.5, 0.6) is 0 Å². The van der Waals surface area contributed by atoms with E-state index in [2.05, 4.69) is 15.6 Å². The van der Waals surface area contributed by atoms with E-state index in [1.54, 1.807) is 24.3 Å². The number of nitrogens with zero attached hydrogens (tertiary/aromatic N) is 1. The van der Waals surface area contributed by atoms with Crippen LogP contribution in [0, 0.1) is 0 Å². The van der Waals surface area contributed by atoms with Crippen LogP contribution in [0.25, 0.3) is 10.2 Å². The smallest absolute Gasteiger partial charge is 0.190 e. The normalized spacial score (nSPS) is 10.7. The van der Waals surface area contributed by atoms with Gasteiger partial charge in [0.25, 0.3) is 0 Å². The van der Waals surface area contributed by atoms with Crippen molar-refractivity contribution in [2.45, 2.75) is 0 Å². The first-order chi connectivity index (χ1) is 10.5. The van der Waals surface area contributed by atoms with E-state index in [0.717, 1.165) is 15.9 Å². The summed E-state index contributed by atoms with van der Waals surface area (Å²) in [5.74, 6) is 0. The maximum Gasteiger partial charge on any atom is 0.190 e. The molecule has 1 heterocycles. The molecule has 3 aromatic rings. The van der Waals surface area contributed by atoms with Crippen molar-refractivity contribution < 1.29 is 0 Å². The van der Waals surface area contributed by atoms with Crippen LogP contribution >= 0.6 is 58.4 Å². The van der Waals surface area contributed by atoms with Gasteiger partial charge in [-0.05, 0) is 42.5 Å². The molecule has 0 radical (unpaired) electrons. The zero-order valence-electron chi connectivity index (χ0n) is 10.9. The van der Waals surface area contributed by atoms with Gasteiger partial charge in [0, 0.05) is 5.69 Å². The van der Waals surface area contributed by atoms with Crippen LogP contribution in [0.2, 0.25) is 15.1 Å². The summed E-state index contributed by atoms with van der Waals surface area (Å²) in [6.45, 7) is 0. The third-order valence-corrected chi connectivity index (χ3v) is 4.95. The number of hydrogen-bond donors (Lipinski definition) is 2. The number of thiocarbonyl (C=S) groups is 1. The molecule has 0 aliphatic rings. The third kappa shape index (κ3) is 3.45. The summed E-state index contributed by atoms with van der Waals surface area (Å²) < 4.78 is 0.993. The van der Waals surface area contributed by atoms with Crippen molar-refractivity contribution >= 4 is 84.5 Å². The predicted octanol–water partition coefficient (Wildman–Crippen LogP) is 6.07. The second kappa shape index (κ2) is 6.56. The summed E-state index contributed by atoms with van der Waals surface area (Å²) in [5, 5.41) is 8.71. The van der Waals surface area contributed by atoms with Crippen molar-refractivity contribution in [3.63, 3.8) is 0 Å². The maximum atomic E-state index is 6.11. The minimum absolute atomic E-state index is 0.411. The lowest BCUT2D eigenvalue weighted by Gasteiger charge is -2.08. The molecule has 0 atom stereocenters. The second-order valence-corrected chi connectivity index (χ2v) is 6.97. The average molecular weight is 389 g/mol. The third-order valence-electron chi connectivity index (χ3n) is 2.77. The first kappa shape index (κ1) is 15.8. The monoisotopic (exact) mass is 387 g/mol. The molecule has 0 fully saturated rings. The fourth-order valence-corrected chi connectivity index (χ4v) is 3.55. The summed E-state index contributed by atoms with van der Waals surface area (Å²) in [6.07, 6.45) is 0. The topological polar surface area (TPSA) is 37.0 Å². The molecule has 0 aliphatic carbocycles. The number of hydrogen-bond acceptors (Lipinski definition) is 3. The molecule has 0 unspecified atom stereocenters. The Labute approximate surface area is 151 Å². The molecular formula is C14H8Cl3N3S2. The van der Waals surface area contributed by atoms with Crippen molar-refractivity contribution in [2.75, 3.05) is 10.6 Å². The zero-order valence-corrected chi connectivity index (χ0v) is 14.8. The SMILES string of the molecule is S=C(Nc1ccc(Cl)c(Cl)c1)Nc1nc2c(Cl)cccc2s1. The second-order valence-electron chi connectivity index (χ2n) is 4.31. The van der Waals surface area contributed by atoms with Crippen LogP contribution in [-0.4, -0.2) is 10.1 Å². The molecule has 0 amide bonds. The Morgan fingerprint density at radius 3 is 2.55 bits per heavy atom. The fourth-order valence-electron chi connectivity index (χ4n) is 1.80. The number of thiazole rings is 1. The fraction of sp³-hybridized carbons (Fsp3) is 0. The van der Waals surface area contributed by atoms with Gasteiger partial charge in [0.15, 0.2) is 10.2 Å². The van der Waals surface area contributed by atoms with E-state index >= 15 is 0 Å². The molecule has 112 valence electrons. The van der Waals surface area contributed by atoms with Gasteiger partial charge in [0.2, 0.25) is 0 Å². The van der Waals surface area contributed by atoms with Gasteiger partial charge in [-0.2, -0.15) is 0 Å². The summed E-state index contributed by atoms with van der Waals surface area (Å²) >= 11 is 24.7. The van der Waals surface area contributed by atoms with E-state index in [0.29, 0.717) is 25.3 Å². The number of para-hydroxylation sites is 1. The molecule has 3 rings (SSSR count). The van der Waals surface area contributed by atoms with Gasteiger partial charge >= 0.3 is 0 Å². The van der Waals surface area contributed by atoms with Crippen molar-refractivity contribution in [1.82, 2.24) is 4.98 Å². The lowest BCUT2D eigenvalue weighted by atomic mass is 10.3. The Bertz CT molecular complexity index is 864. The van der Waals surface area contributed by atoms with Crippen molar-refractivity contribution in [3.05, 3.63) is 51.5 Å².